The van der Waals surface area contributed by atoms with Crippen molar-refractivity contribution in [3.63, 3.8) is 0 Å². The summed E-state index contributed by atoms with van der Waals surface area (Å²) in [7, 11) is 0. The number of rotatable bonds is 1. The maximum Gasteiger partial charge on any atom is 0.318 e. The number of Topliss-reactive ketones (excluding diaryl/α,β-unsaturated/α-hetero) is 1. The molecular weight excluding hydrogens is 280 g/mol. The normalized spacial score (nSPS) is 33.7. The molecule has 2 fully saturated rings. The number of aryl methyl sites for hydroxylation is 1. The van der Waals surface area contributed by atoms with E-state index in [9.17, 15) is 9.59 Å². The number of aromatic amines is 1. The first-order valence-corrected chi connectivity index (χ1v) is 8.29. The fourth-order valence-electron chi connectivity index (χ4n) is 4.38. The Balaban J connectivity index is 1.51. The Morgan fingerprint density at radius 1 is 1.41 bits per heavy atom. The molecule has 0 radical (unpaired) electrons. The standard InChI is InChI=1S/C16H22N4O2/c1-9-13-6-5-11(7-14(9)21)20(13)16(22)18-12-4-2-3-10-8-17-19-15(10)12/h8-9,11-13H,2-7H2,1H3,(H,17,19)(H,18,22). The number of carbonyl (C=O) groups excluding carboxylic acids is 2. The quantitative estimate of drug-likeness (QED) is 0.832. The van der Waals surface area contributed by atoms with Crippen molar-refractivity contribution < 1.29 is 9.59 Å². The zero-order valence-corrected chi connectivity index (χ0v) is 12.8. The van der Waals surface area contributed by atoms with Gasteiger partial charge in [0.1, 0.15) is 5.78 Å². The molecule has 6 heteroatoms. The maximum absolute atomic E-state index is 12.8. The Morgan fingerprint density at radius 2 is 2.27 bits per heavy atom. The van der Waals surface area contributed by atoms with E-state index in [2.05, 4.69) is 15.5 Å². The minimum absolute atomic E-state index is 0.0145. The molecule has 3 heterocycles. The third-order valence-electron chi connectivity index (χ3n) is 5.64. The highest BCUT2D eigenvalue weighted by Crippen LogP contribution is 2.38. The monoisotopic (exact) mass is 302 g/mol. The van der Waals surface area contributed by atoms with Crippen LogP contribution >= 0.6 is 0 Å². The van der Waals surface area contributed by atoms with E-state index >= 15 is 0 Å². The molecule has 0 spiro atoms. The topological polar surface area (TPSA) is 78.1 Å². The fraction of sp³-hybridized carbons (Fsp3) is 0.688. The van der Waals surface area contributed by atoms with Crippen molar-refractivity contribution in [2.45, 2.75) is 63.6 Å². The van der Waals surface area contributed by atoms with Crippen molar-refractivity contribution in [2.75, 3.05) is 0 Å². The second-order valence-electron chi connectivity index (χ2n) is 6.87. The van der Waals surface area contributed by atoms with Gasteiger partial charge in [0.05, 0.1) is 17.9 Å². The van der Waals surface area contributed by atoms with E-state index in [-0.39, 0.29) is 30.1 Å². The zero-order valence-electron chi connectivity index (χ0n) is 12.8. The van der Waals surface area contributed by atoms with Crippen molar-refractivity contribution in [1.82, 2.24) is 20.4 Å². The van der Waals surface area contributed by atoms with Gasteiger partial charge in [-0.25, -0.2) is 4.79 Å². The summed E-state index contributed by atoms with van der Waals surface area (Å²) in [5.74, 6) is 0.281. The predicted octanol–water partition coefficient (Wildman–Crippen LogP) is 1.94. The molecular formula is C16H22N4O2. The molecule has 2 amide bonds. The molecule has 0 saturated carbocycles. The average molecular weight is 302 g/mol. The van der Waals surface area contributed by atoms with Gasteiger partial charge in [-0.05, 0) is 37.7 Å². The van der Waals surface area contributed by atoms with Gasteiger partial charge >= 0.3 is 6.03 Å². The molecule has 118 valence electrons. The van der Waals surface area contributed by atoms with Crippen LogP contribution in [-0.4, -0.2) is 39.0 Å². The van der Waals surface area contributed by atoms with Crippen molar-refractivity contribution in [3.8, 4) is 0 Å². The van der Waals surface area contributed by atoms with Gasteiger partial charge in [0.15, 0.2) is 0 Å². The van der Waals surface area contributed by atoms with Crippen LogP contribution in [0.15, 0.2) is 6.20 Å². The summed E-state index contributed by atoms with van der Waals surface area (Å²) in [4.78, 5) is 26.7. The molecule has 4 unspecified atom stereocenters. The Hall–Kier alpha value is -1.85. The van der Waals surface area contributed by atoms with Crippen molar-refractivity contribution in [3.05, 3.63) is 17.5 Å². The molecule has 1 aromatic heterocycles. The van der Waals surface area contributed by atoms with Crippen LogP contribution in [0.25, 0.3) is 0 Å². The maximum atomic E-state index is 12.8. The van der Waals surface area contributed by atoms with Gasteiger partial charge < -0.3 is 10.2 Å². The summed E-state index contributed by atoms with van der Waals surface area (Å²) >= 11 is 0. The third kappa shape index (κ3) is 2.04. The number of nitrogens with one attached hydrogen (secondary N) is 2. The van der Waals surface area contributed by atoms with Gasteiger partial charge in [-0.15, -0.1) is 0 Å². The molecule has 2 aliphatic heterocycles. The summed E-state index contributed by atoms with van der Waals surface area (Å²) < 4.78 is 0. The largest absolute Gasteiger partial charge is 0.330 e. The molecule has 3 aliphatic rings. The van der Waals surface area contributed by atoms with Crippen molar-refractivity contribution in [2.24, 2.45) is 5.92 Å². The predicted molar refractivity (Wildman–Crippen MR) is 80.2 cm³/mol. The number of ketones is 1. The number of H-pyrrole nitrogens is 1. The van der Waals surface area contributed by atoms with Crippen LogP contribution in [-0.2, 0) is 11.2 Å². The van der Waals surface area contributed by atoms with Gasteiger partial charge in [0.2, 0.25) is 0 Å². The zero-order chi connectivity index (χ0) is 15.3. The van der Waals surface area contributed by atoms with Crippen LogP contribution in [0.5, 0.6) is 0 Å². The van der Waals surface area contributed by atoms with Crippen molar-refractivity contribution >= 4 is 11.8 Å². The summed E-state index contributed by atoms with van der Waals surface area (Å²) in [5, 5.41) is 10.3. The van der Waals surface area contributed by atoms with Crippen LogP contribution in [0, 0.1) is 5.92 Å². The fourth-order valence-corrected chi connectivity index (χ4v) is 4.38. The highest BCUT2D eigenvalue weighted by Gasteiger charge is 2.47. The second-order valence-corrected chi connectivity index (χ2v) is 6.87. The van der Waals surface area contributed by atoms with Crippen molar-refractivity contribution in [1.29, 1.82) is 0 Å². The molecule has 22 heavy (non-hydrogen) atoms. The number of aromatic nitrogens is 2. The number of nitrogens with zero attached hydrogens (tertiary/aromatic N) is 2. The van der Waals surface area contributed by atoms with Gasteiger partial charge in [0, 0.05) is 24.4 Å². The first kappa shape index (κ1) is 13.8. The van der Waals surface area contributed by atoms with Gasteiger partial charge in [-0.1, -0.05) is 6.92 Å². The Bertz CT molecular complexity index is 611. The van der Waals surface area contributed by atoms with Gasteiger partial charge in [0.25, 0.3) is 0 Å². The lowest BCUT2D eigenvalue weighted by Gasteiger charge is -2.38. The van der Waals surface area contributed by atoms with E-state index in [4.69, 9.17) is 0 Å². The highest BCUT2D eigenvalue weighted by atomic mass is 16.2. The number of carbonyl (C=O) groups is 2. The minimum Gasteiger partial charge on any atom is -0.330 e. The van der Waals surface area contributed by atoms with E-state index in [1.54, 1.807) is 0 Å². The number of hydrogen-bond donors (Lipinski definition) is 2. The lowest BCUT2D eigenvalue weighted by Crippen LogP contribution is -2.55. The lowest BCUT2D eigenvalue weighted by atomic mass is 9.90. The van der Waals surface area contributed by atoms with E-state index in [1.165, 1.54) is 5.56 Å². The van der Waals surface area contributed by atoms with Crippen LogP contribution in [0.1, 0.15) is 56.3 Å². The summed E-state index contributed by atoms with van der Waals surface area (Å²) in [6.07, 6.45) is 7.32. The van der Waals surface area contributed by atoms with E-state index in [1.807, 2.05) is 18.0 Å². The number of urea groups is 1. The van der Waals surface area contributed by atoms with E-state index in [0.717, 1.165) is 37.8 Å². The number of hydrogen-bond acceptors (Lipinski definition) is 3. The Morgan fingerprint density at radius 3 is 3.14 bits per heavy atom. The molecule has 6 nitrogen and oxygen atoms in total. The summed E-state index contributed by atoms with van der Waals surface area (Å²) in [5.41, 5.74) is 2.26. The first-order chi connectivity index (χ1) is 10.6. The number of fused-ring (bicyclic) bond motifs is 3. The molecule has 4 rings (SSSR count). The summed E-state index contributed by atoms with van der Waals surface area (Å²) in [6, 6.07) is 0.181. The van der Waals surface area contributed by atoms with Crippen LogP contribution in [0.4, 0.5) is 4.79 Å². The molecule has 0 aromatic carbocycles. The first-order valence-electron chi connectivity index (χ1n) is 8.29. The second kappa shape index (κ2) is 5.11. The van der Waals surface area contributed by atoms with E-state index < -0.39 is 0 Å². The summed E-state index contributed by atoms with van der Waals surface area (Å²) in [6.45, 7) is 1.96. The molecule has 2 bridgehead atoms. The van der Waals surface area contributed by atoms with Crippen LogP contribution in [0.2, 0.25) is 0 Å². The van der Waals surface area contributed by atoms with Crippen LogP contribution < -0.4 is 5.32 Å². The molecule has 2 saturated heterocycles. The molecule has 1 aromatic rings. The average Bonchev–Trinajstić information content (AvgIpc) is 3.10. The van der Waals surface area contributed by atoms with Crippen LogP contribution in [0.3, 0.4) is 0 Å². The molecule has 4 atom stereocenters. The molecule has 2 N–H and O–H groups in total. The highest BCUT2D eigenvalue weighted by molar-refractivity contribution is 5.86. The third-order valence-corrected chi connectivity index (χ3v) is 5.64. The number of amides is 2. The Kier molecular flexibility index (Phi) is 3.20. The molecule has 1 aliphatic carbocycles. The smallest absolute Gasteiger partial charge is 0.318 e. The number of piperidine rings is 1. The van der Waals surface area contributed by atoms with Gasteiger partial charge in [-0.2, -0.15) is 5.10 Å². The Labute approximate surface area is 129 Å². The minimum atomic E-state index is -0.0291. The lowest BCUT2D eigenvalue weighted by molar-refractivity contribution is -0.127. The van der Waals surface area contributed by atoms with Gasteiger partial charge in [-0.3, -0.25) is 9.89 Å². The SMILES string of the molecule is CC1C(=O)CC2CCC1N2C(=O)NC1CCCc2cn[nH]c21. The van der Waals surface area contributed by atoms with E-state index in [0.29, 0.717) is 12.2 Å².